The third-order valence-electron chi connectivity index (χ3n) is 9.62. The summed E-state index contributed by atoms with van der Waals surface area (Å²) in [5.74, 6) is 7.99. The van der Waals surface area contributed by atoms with Crippen LogP contribution in [0.4, 0.5) is 0 Å². The van der Waals surface area contributed by atoms with Crippen LogP contribution in [0.2, 0.25) is 17.3 Å². The third kappa shape index (κ3) is 9.69. The van der Waals surface area contributed by atoms with Gasteiger partial charge >= 0.3 is 126 Å². The summed E-state index contributed by atoms with van der Waals surface area (Å²) >= 11 is -1.86. The number of rotatable bonds is 7. The average molecular weight is 952 g/mol. The molecule has 0 bridgehead atoms. The molecule has 4 aromatic carbocycles. The average Bonchev–Trinajstić information content (AvgIpc) is 3.45. The Balaban J connectivity index is 0.000000230. The number of nitrogens with zero attached hydrogens (tertiary/aromatic N) is 2. The summed E-state index contributed by atoms with van der Waals surface area (Å²) in [5, 5.41) is 2.22. The topological polar surface area (TPSA) is 38.9 Å². The van der Waals surface area contributed by atoms with Crippen LogP contribution >= 0.6 is 0 Å². The second-order valence-electron chi connectivity index (χ2n) is 17.3. The molecule has 0 N–H and O–H groups in total. The Morgan fingerprint density at radius 3 is 2.17 bits per heavy atom. The first kappa shape index (κ1) is 41.3. The predicted octanol–water partition coefficient (Wildman–Crippen LogP) is 12.9. The number of pyridine rings is 2. The molecule has 5 heteroatoms. The molecule has 3 heterocycles. The number of benzene rings is 4. The molecule has 7 aromatic rings. The zero-order valence-electron chi connectivity index (χ0n) is 33.9. The van der Waals surface area contributed by atoms with Gasteiger partial charge in [0, 0.05) is 31.7 Å². The van der Waals surface area contributed by atoms with E-state index in [-0.39, 0.29) is 25.5 Å². The van der Waals surface area contributed by atoms with E-state index in [1.54, 1.807) is 4.40 Å². The predicted molar refractivity (Wildman–Crippen MR) is 229 cm³/mol. The summed E-state index contributed by atoms with van der Waals surface area (Å²) in [7, 11) is 0. The molecular weight excluding hydrogens is 897 g/mol. The molecule has 0 spiro atoms. The Morgan fingerprint density at radius 2 is 1.52 bits per heavy atom. The second-order valence-corrected chi connectivity index (χ2v) is 27.9. The summed E-state index contributed by atoms with van der Waals surface area (Å²) < 4.78 is 8.01. The van der Waals surface area contributed by atoms with Crippen LogP contribution in [0.15, 0.2) is 102 Å². The molecule has 0 amide bonds. The summed E-state index contributed by atoms with van der Waals surface area (Å²) in [6.07, 6.45) is 6.16. The van der Waals surface area contributed by atoms with E-state index in [1.165, 1.54) is 38.9 Å². The number of aryl methyl sites for hydroxylation is 3. The van der Waals surface area contributed by atoms with Crippen molar-refractivity contribution in [2.75, 3.05) is 0 Å². The Morgan fingerprint density at radius 1 is 0.778 bits per heavy atom. The maximum Gasteiger partial charge on any atom is 0.121 e. The molecule has 0 aliphatic carbocycles. The first-order valence-corrected chi connectivity index (χ1v) is 26.3. The van der Waals surface area contributed by atoms with Crippen molar-refractivity contribution in [2.24, 2.45) is 11.3 Å². The summed E-state index contributed by atoms with van der Waals surface area (Å²) in [5.41, 5.74) is 15.0. The van der Waals surface area contributed by atoms with E-state index in [4.69, 9.17) is 9.40 Å². The summed E-state index contributed by atoms with van der Waals surface area (Å²) in [6.45, 7) is 17.9. The monoisotopic (exact) mass is 953 g/mol. The zero-order valence-corrected chi connectivity index (χ0v) is 38.4. The van der Waals surface area contributed by atoms with Crippen molar-refractivity contribution >= 4 is 39.6 Å². The van der Waals surface area contributed by atoms with Crippen LogP contribution in [0.5, 0.6) is 0 Å². The van der Waals surface area contributed by atoms with Crippen molar-refractivity contribution in [1.82, 2.24) is 9.97 Å². The van der Waals surface area contributed by atoms with Crippen molar-refractivity contribution in [3.63, 3.8) is 0 Å². The van der Waals surface area contributed by atoms with Gasteiger partial charge in [-0.05, 0) is 72.7 Å². The largest absolute Gasteiger partial charge is 0.501 e. The number of fused-ring (bicyclic) bond motifs is 3. The van der Waals surface area contributed by atoms with E-state index >= 15 is 0 Å². The van der Waals surface area contributed by atoms with Crippen LogP contribution in [0.1, 0.15) is 62.4 Å². The van der Waals surface area contributed by atoms with E-state index in [1.807, 2.05) is 30.5 Å². The van der Waals surface area contributed by atoms with Crippen molar-refractivity contribution in [3.8, 4) is 33.6 Å². The zero-order chi connectivity index (χ0) is 38.1. The van der Waals surface area contributed by atoms with Gasteiger partial charge in [-0.3, -0.25) is 0 Å². The van der Waals surface area contributed by atoms with Crippen LogP contribution < -0.4 is 4.40 Å². The van der Waals surface area contributed by atoms with Crippen LogP contribution in [-0.2, 0) is 32.9 Å². The van der Waals surface area contributed by atoms with Crippen molar-refractivity contribution in [2.45, 2.75) is 85.5 Å². The molecule has 3 nitrogen and oxygen atoms in total. The van der Waals surface area contributed by atoms with Gasteiger partial charge < -0.3 is 9.40 Å². The summed E-state index contributed by atoms with van der Waals surface area (Å²) in [4.78, 5) is 9.36. The smallest absolute Gasteiger partial charge is 0.121 e. The van der Waals surface area contributed by atoms with Gasteiger partial charge in [-0.2, -0.15) is 0 Å². The maximum absolute atomic E-state index is 6.47. The molecule has 0 aliphatic heterocycles. The molecule has 1 radical (unpaired) electrons. The van der Waals surface area contributed by atoms with Gasteiger partial charge in [-0.1, -0.05) is 73.2 Å². The van der Waals surface area contributed by atoms with Gasteiger partial charge in [0.15, 0.2) is 0 Å². The van der Waals surface area contributed by atoms with E-state index in [0.29, 0.717) is 5.92 Å². The molecule has 54 heavy (non-hydrogen) atoms. The first-order valence-electron chi connectivity index (χ1n) is 18.9. The fourth-order valence-electron chi connectivity index (χ4n) is 7.54. The fraction of sp³-hybridized carbons (Fsp3) is 0.306. The van der Waals surface area contributed by atoms with E-state index in [2.05, 4.69) is 157 Å². The normalized spacial score (nSPS) is 11.8. The van der Waals surface area contributed by atoms with Gasteiger partial charge in [-0.25, -0.2) is 0 Å². The van der Waals surface area contributed by atoms with Gasteiger partial charge in [0.05, 0.1) is 5.58 Å². The van der Waals surface area contributed by atoms with Gasteiger partial charge in [0.1, 0.15) is 5.58 Å². The van der Waals surface area contributed by atoms with Crippen LogP contribution in [0.3, 0.4) is 0 Å². The molecule has 0 saturated heterocycles. The molecule has 7 rings (SSSR count). The molecule has 0 unspecified atom stereocenters. The van der Waals surface area contributed by atoms with Gasteiger partial charge in [0.25, 0.3) is 0 Å². The minimum absolute atomic E-state index is 0. The van der Waals surface area contributed by atoms with Crippen LogP contribution in [0.25, 0.3) is 55.6 Å². The van der Waals surface area contributed by atoms with Gasteiger partial charge in [-0.15, -0.1) is 18.2 Å². The SMILES string of the molecule is CC(C)Cc1cc(-c2[c-]cccc2)nc[c]1[Ge]([CH3])([CH3])[CH3].Cc1cc(C)c(-c2ccc3c(c2)oc2c(-c4cc(CC(C)(C)C)ccn4)[c-]ccc23)c(C)c1.[Ir]. The third-order valence-corrected chi connectivity index (χ3v) is 14.0. The molecule has 0 atom stereocenters. The number of hydrogen-bond acceptors (Lipinski definition) is 3. The molecule has 0 aliphatic rings. The van der Waals surface area contributed by atoms with E-state index in [9.17, 15) is 0 Å². The molecule has 0 fully saturated rings. The van der Waals surface area contributed by atoms with E-state index < -0.39 is 13.3 Å². The molecule has 281 valence electrons. The van der Waals surface area contributed by atoms with Crippen molar-refractivity contribution < 1.29 is 24.5 Å². The fourth-order valence-corrected chi connectivity index (χ4v) is 10.9. The number of hydrogen-bond donors (Lipinski definition) is 0. The van der Waals surface area contributed by atoms with Crippen molar-refractivity contribution in [3.05, 3.63) is 137 Å². The Bertz CT molecular complexity index is 2360. The van der Waals surface area contributed by atoms with Crippen molar-refractivity contribution in [1.29, 1.82) is 0 Å². The van der Waals surface area contributed by atoms with Crippen LogP contribution in [-0.4, -0.2) is 23.2 Å². The molecular formula is C49H54GeIrN2O-2. The molecule has 3 aromatic heterocycles. The second kappa shape index (κ2) is 16.9. The Kier molecular flexibility index (Phi) is 12.9. The van der Waals surface area contributed by atoms with E-state index in [0.717, 1.165) is 57.3 Å². The Hall–Kier alpha value is -3.83. The minimum atomic E-state index is -1.86. The number of aromatic nitrogens is 2. The minimum Gasteiger partial charge on any atom is -0.501 e. The summed E-state index contributed by atoms with van der Waals surface area (Å²) in [6, 6.07) is 36.4. The first-order chi connectivity index (χ1) is 25.1. The Labute approximate surface area is 339 Å². The maximum atomic E-state index is 6.47. The standard InChI is InChI=1S/C31H30NO.C18H24GeN.Ir/c1-19-14-20(2)29(21(3)15-19)23-10-11-24-25-8-7-9-26(30(25)33-28(24)17-23)27-16-22(12-13-32-27)18-31(4,5)6;1-14(2)11-16-12-18(15-9-7-6-8-10-15)20-13-17(16)19(3,4)5;/h7-8,10-17H,18H2,1-6H3;6-9,12-14H,11H2,1-5H3;/q2*-1;. The van der Waals surface area contributed by atoms with Gasteiger partial charge in [0.2, 0.25) is 0 Å². The van der Waals surface area contributed by atoms with Crippen LogP contribution in [0, 0.1) is 44.2 Å². The molecule has 0 saturated carbocycles. The quantitative estimate of drug-likeness (QED) is 0.118. The number of furan rings is 1.